The Morgan fingerprint density at radius 3 is 2.29 bits per heavy atom. The van der Waals surface area contributed by atoms with E-state index in [4.69, 9.17) is 9.16 Å². The van der Waals surface area contributed by atoms with Crippen LogP contribution in [0.1, 0.15) is 31.1 Å². The Labute approximate surface area is 157 Å². The number of halogens is 1. The number of hydrogen-bond acceptors (Lipinski definition) is 4. The van der Waals surface area contributed by atoms with Gasteiger partial charge in [0.25, 0.3) is 0 Å². The van der Waals surface area contributed by atoms with Crippen LogP contribution in [0.4, 0.5) is 0 Å². The molecule has 0 unspecified atom stereocenters. The minimum absolute atomic E-state index is 0.0324. The van der Waals surface area contributed by atoms with Gasteiger partial charge in [-0.3, -0.25) is 4.79 Å². The van der Waals surface area contributed by atoms with Gasteiger partial charge >= 0.3 is 5.97 Å². The van der Waals surface area contributed by atoms with Gasteiger partial charge in [0.2, 0.25) is 0 Å². The number of rotatable bonds is 4. The zero-order chi connectivity index (χ0) is 18.1. The summed E-state index contributed by atoms with van der Waals surface area (Å²) in [6.07, 6.45) is 0.262. The number of benzene rings is 1. The van der Waals surface area contributed by atoms with Crippen LogP contribution in [-0.4, -0.2) is 32.3 Å². The highest BCUT2D eigenvalue weighted by molar-refractivity contribution is 14.1. The van der Waals surface area contributed by atoms with Crippen LogP contribution in [-0.2, 0) is 14.0 Å². The van der Waals surface area contributed by atoms with Crippen molar-refractivity contribution in [1.82, 2.24) is 0 Å². The van der Waals surface area contributed by atoms with Crippen molar-refractivity contribution in [1.29, 1.82) is 0 Å². The molecule has 0 aromatic heterocycles. The number of ether oxygens (including phenoxy) is 1. The van der Waals surface area contributed by atoms with Gasteiger partial charge < -0.3 is 9.16 Å². The molecule has 2 rings (SSSR count). The molecule has 1 aromatic rings. The lowest BCUT2D eigenvalue weighted by Gasteiger charge is -2.39. The second-order valence-corrected chi connectivity index (χ2v) is 13.3. The second-order valence-electron chi connectivity index (χ2n) is 7.41. The summed E-state index contributed by atoms with van der Waals surface area (Å²) in [7, 11) is -2.16. The molecule has 6 heteroatoms. The van der Waals surface area contributed by atoms with Crippen molar-refractivity contribution >= 4 is 42.7 Å². The first-order chi connectivity index (χ1) is 11.0. The van der Waals surface area contributed by atoms with Gasteiger partial charge in [0.05, 0.1) is 9.14 Å². The molecular formula is C18H23IO4Si. The van der Waals surface area contributed by atoms with Crippen LogP contribution >= 0.6 is 22.6 Å². The normalized spacial score (nSPS) is 21.6. The molecular weight excluding hydrogens is 435 g/mol. The third-order valence-corrected chi connectivity index (χ3v) is 9.93. The summed E-state index contributed by atoms with van der Waals surface area (Å²) in [6.45, 7) is 10.5. The van der Waals surface area contributed by atoms with Gasteiger partial charge in [-0.25, -0.2) is 4.79 Å². The molecule has 0 N–H and O–H groups in total. The Morgan fingerprint density at radius 1 is 1.17 bits per heavy atom. The molecule has 0 saturated heterocycles. The largest absolute Gasteiger partial charge is 0.451 e. The van der Waals surface area contributed by atoms with E-state index in [1.807, 2.05) is 28.7 Å². The maximum absolute atomic E-state index is 12.5. The Balaban J connectivity index is 2.18. The minimum Gasteiger partial charge on any atom is -0.451 e. The van der Waals surface area contributed by atoms with Gasteiger partial charge in [0.1, 0.15) is 0 Å². The molecule has 0 fully saturated rings. The molecule has 0 radical (unpaired) electrons. The van der Waals surface area contributed by atoms with Crippen LogP contribution in [0.3, 0.4) is 0 Å². The highest BCUT2D eigenvalue weighted by atomic mass is 127. The summed E-state index contributed by atoms with van der Waals surface area (Å²) in [6, 6.07) is 8.77. The first kappa shape index (κ1) is 19.3. The van der Waals surface area contributed by atoms with E-state index >= 15 is 0 Å². The zero-order valence-electron chi connectivity index (χ0n) is 14.6. The summed E-state index contributed by atoms with van der Waals surface area (Å²) < 4.78 is 12.4. The van der Waals surface area contributed by atoms with E-state index in [1.54, 1.807) is 30.3 Å². The van der Waals surface area contributed by atoms with Crippen LogP contribution in [0, 0.1) is 0 Å². The van der Waals surface area contributed by atoms with Crippen molar-refractivity contribution in [3.05, 3.63) is 45.6 Å². The monoisotopic (exact) mass is 458 g/mol. The highest BCUT2D eigenvalue weighted by Gasteiger charge is 2.46. The summed E-state index contributed by atoms with van der Waals surface area (Å²) in [5, 5.41) is -0.0324. The average molecular weight is 458 g/mol. The third kappa shape index (κ3) is 4.15. The van der Waals surface area contributed by atoms with Crippen LogP contribution < -0.4 is 0 Å². The van der Waals surface area contributed by atoms with Crippen molar-refractivity contribution in [2.24, 2.45) is 0 Å². The molecule has 0 heterocycles. The Hall–Kier alpha value is -0.993. The SMILES string of the molecule is CC(C)(C)[Si](C)(C)O[C@@H]1C(=O)C(I)=C[C@H]1OC(=O)c1ccccc1. The molecule has 0 spiro atoms. The number of carbonyl (C=O) groups excluding carboxylic acids is 2. The van der Waals surface area contributed by atoms with Gasteiger partial charge in [-0.05, 0) is 58.9 Å². The molecule has 1 aromatic carbocycles. The highest BCUT2D eigenvalue weighted by Crippen LogP contribution is 2.39. The molecule has 0 bridgehead atoms. The first-order valence-corrected chi connectivity index (χ1v) is 11.9. The van der Waals surface area contributed by atoms with Gasteiger partial charge in [-0.15, -0.1) is 0 Å². The quantitative estimate of drug-likeness (QED) is 0.379. The predicted molar refractivity (Wildman–Crippen MR) is 105 cm³/mol. The van der Waals surface area contributed by atoms with Crippen molar-refractivity contribution in [3.8, 4) is 0 Å². The van der Waals surface area contributed by atoms with E-state index in [0.29, 0.717) is 9.14 Å². The average Bonchev–Trinajstić information content (AvgIpc) is 2.74. The van der Waals surface area contributed by atoms with E-state index < -0.39 is 26.5 Å². The summed E-state index contributed by atoms with van der Waals surface area (Å²) in [5.41, 5.74) is 0.464. The van der Waals surface area contributed by atoms with Crippen molar-refractivity contribution in [2.75, 3.05) is 0 Å². The maximum atomic E-state index is 12.5. The molecule has 0 amide bonds. The van der Waals surface area contributed by atoms with E-state index in [1.165, 1.54) is 0 Å². The first-order valence-electron chi connectivity index (χ1n) is 7.88. The Bertz CT molecular complexity index is 661. The lowest BCUT2D eigenvalue weighted by atomic mass is 10.2. The number of carbonyl (C=O) groups is 2. The number of esters is 1. The van der Waals surface area contributed by atoms with Crippen molar-refractivity contribution in [2.45, 2.75) is 51.1 Å². The topological polar surface area (TPSA) is 52.6 Å². The van der Waals surface area contributed by atoms with Crippen molar-refractivity contribution < 1.29 is 18.8 Å². The number of ketones is 1. The lowest BCUT2D eigenvalue weighted by molar-refractivity contribution is -0.123. The van der Waals surface area contributed by atoms with E-state index in [0.717, 1.165) is 0 Å². The second kappa shape index (κ2) is 7.09. The molecule has 0 aliphatic heterocycles. The van der Waals surface area contributed by atoms with E-state index in [9.17, 15) is 9.59 Å². The summed E-state index contributed by atoms with van der Waals surface area (Å²) in [4.78, 5) is 24.8. The molecule has 1 aliphatic carbocycles. The van der Waals surface area contributed by atoms with Crippen LogP contribution in [0.25, 0.3) is 0 Å². The fourth-order valence-electron chi connectivity index (χ4n) is 2.08. The van der Waals surface area contributed by atoms with Crippen LogP contribution in [0.2, 0.25) is 18.1 Å². The predicted octanol–water partition coefficient (Wildman–Crippen LogP) is 4.50. The van der Waals surface area contributed by atoms with Gasteiger partial charge in [-0.1, -0.05) is 39.0 Å². The van der Waals surface area contributed by atoms with Gasteiger partial charge in [0, 0.05) is 0 Å². The summed E-state index contributed by atoms with van der Waals surface area (Å²) in [5.74, 6) is -0.550. The molecule has 4 nitrogen and oxygen atoms in total. The Kier molecular flexibility index (Phi) is 5.71. The van der Waals surface area contributed by atoms with Crippen molar-refractivity contribution in [3.63, 3.8) is 0 Å². The third-order valence-electron chi connectivity index (χ3n) is 4.58. The van der Waals surface area contributed by atoms with Gasteiger partial charge in [-0.2, -0.15) is 0 Å². The van der Waals surface area contributed by atoms with Gasteiger partial charge in [0.15, 0.2) is 26.3 Å². The van der Waals surface area contributed by atoms with Crippen LogP contribution in [0.15, 0.2) is 40.0 Å². The van der Waals surface area contributed by atoms with E-state index in [-0.39, 0.29) is 10.8 Å². The fraction of sp³-hybridized carbons (Fsp3) is 0.444. The van der Waals surface area contributed by atoms with Crippen LogP contribution in [0.5, 0.6) is 0 Å². The molecule has 0 saturated carbocycles. The Morgan fingerprint density at radius 2 is 1.75 bits per heavy atom. The molecule has 2 atom stereocenters. The summed E-state index contributed by atoms with van der Waals surface area (Å²) >= 11 is 1.98. The number of Topliss-reactive ketones (excluding diaryl/α,β-unsaturated/α-hetero) is 1. The number of hydrogen-bond donors (Lipinski definition) is 0. The fourth-order valence-corrected chi connectivity index (χ4v) is 3.97. The molecule has 130 valence electrons. The minimum atomic E-state index is -2.16. The molecule has 24 heavy (non-hydrogen) atoms. The maximum Gasteiger partial charge on any atom is 0.338 e. The standard InChI is InChI=1S/C18H23IO4Si/c1-18(2,3)24(4,5)23-16-14(11-13(19)15(16)20)22-17(21)12-9-7-6-8-10-12/h6-11,14,16H,1-5H3/t14-,16+/m1/s1. The smallest absolute Gasteiger partial charge is 0.338 e. The van der Waals surface area contributed by atoms with E-state index in [2.05, 4.69) is 33.9 Å². The lowest BCUT2D eigenvalue weighted by Crippen LogP contribution is -2.48. The zero-order valence-corrected chi connectivity index (χ0v) is 17.8. The molecule has 1 aliphatic rings.